The zero-order valence-electron chi connectivity index (χ0n) is 9.28. The number of carbonyl (C=O) groups is 1. The number of benzene rings is 1. The van der Waals surface area contributed by atoms with Crippen LogP contribution in [0.2, 0.25) is 0 Å². The molecule has 0 bridgehead atoms. The Labute approximate surface area is 102 Å². The summed E-state index contributed by atoms with van der Waals surface area (Å²) in [6.45, 7) is 0. The molecule has 7 heteroatoms. The van der Waals surface area contributed by atoms with Crippen LogP contribution in [0.25, 0.3) is 6.08 Å². The minimum Gasteiger partial charge on any atom is -0.489 e. The summed E-state index contributed by atoms with van der Waals surface area (Å²) in [5, 5.41) is 28.2. The van der Waals surface area contributed by atoms with Gasteiger partial charge in [-0.05, 0) is 18.2 Å². The quantitative estimate of drug-likeness (QED) is 0.491. The molecule has 0 aliphatic carbocycles. The molecule has 1 aromatic carbocycles. The van der Waals surface area contributed by atoms with Crippen LogP contribution in [0, 0.1) is 21.4 Å². The van der Waals surface area contributed by atoms with Crippen LogP contribution in [0.15, 0.2) is 18.2 Å². The van der Waals surface area contributed by atoms with Crippen molar-refractivity contribution in [3.05, 3.63) is 39.4 Å². The lowest BCUT2D eigenvalue weighted by atomic mass is 10.1. The van der Waals surface area contributed by atoms with Crippen LogP contribution in [0.5, 0.6) is 5.75 Å². The number of nitriles is 1. The maximum Gasteiger partial charge on any atom is 0.328 e. The molecule has 1 N–H and O–H groups in total. The summed E-state index contributed by atoms with van der Waals surface area (Å²) in [4.78, 5) is 20.6. The lowest BCUT2D eigenvalue weighted by Gasteiger charge is -2.05. The Morgan fingerprint density at radius 1 is 1.61 bits per heavy atom. The van der Waals surface area contributed by atoms with Gasteiger partial charge < -0.3 is 9.84 Å². The van der Waals surface area contributed by atoms with Gasteiger partial charge in [-0.3, -0.25) is 10.1 Å². The molecule has 0 atom stereocenters. The summed E-state index contributed by atoms with van der Waals surface area (Å²) in [6, 6.07) is 4.38. The second-order valence-electron chi connectivity index (χ2n) is 3.12. The highest BCUT2D eigenvalue weighted by atomic mass is 16.6. The van der Waals surface area contributed by atoms with E-state index in [0.717, 1.165) is 12.2 Å². The molecule has 0 saturated heterocycles. The van der Waals surface area contributed by atoms with Gasteiger partial charge in [-0.1, -0.05) is 0 Å². The van der Waals surface area contributed by atoms with E-state index in [2.05, 4.69) is 0 Å². The van der Waals surface area contributed by atoms with E-state index >= 15 is 0 Å². The first kappa shape index (κ1) is 13.2. The molecular formula is C11H8N2O5. The van der Waals surface area contributed by atoms with Gasteiger partial charge in [-0.25, -0.2) is 4.79 Å². The predicted molar refractivity (Wildman–Crippen MR) is 61.0 cm³/mol. The Morgan fingerprint density at radius 3 is 2.72 bits per heavy atom. The molecule has 0 fully saturated rings. The number of rotatable bonds is 4. The average molecular weight is 248 g/mol. The number of methoxy groups -OCH3 is 1. The topological polar surface area (TPSA) is 113 Å². The van der Waals surface area contributed by atoms with Crippen LogP contribution in [0.3, 0.4) is 0 Å². The third-order valence-corrected chi connectivity index (χ3v) is 2.08. The molecule has 0 aliphatic rings. The highest BCUT2D eigenvalue weighted by Gasteiger charge is 2.23. The third kappa shape index (κ3) is 2.62. The molecule has 7 nitrogen and oxygen atoms in total. The first-order valence-corrected chi connectivity index (χ1v) is 4.67. The maximum absolute atomic E-state index is 10.9. The molecule has 0 unspecified atom stereocenters. The number of nitro benzene ring substituents is 1. The van der Waals surface area contributed by atoms with Gasteiger partial charge in [-0.2, -0.15) is 5.26 Å². The lowest BCUT2D eigenvalue weighted by Crippen LogP contribution is -1.99. The fourth-order valence-corrected chi connectivity index (χ4v) is 1.36. The van der Waals surface area contributed by atoms with Crippen LogP contribution >= 0.6 is 0 Å². The second kappa shape index (κ2) is 5.45. The largest absolute Gasteiger partial charge is 0.489 e. The summed E-state index contributed by atoms with van der Waals surface area (Å²) >= 11 is 0. The molecule has 0 aliphatic heterocycles. The van der Waals surface area contributed by atoms with E-state index in [9.17, 15) is 14.9 Å². The number of carboxylic acid groups (broad SMARTS) is 1. The number of ether oxygens (including phenoxy) is 1. The fourth-order valence-electron chi connectivity index (χ4n) is 1.36. The smallest absolute Gasteiger partial charge is 0.328 e. The van der Waals surface area contributed by atoms with Crippen LogP contribution in [0.1, 0.15) is 11.1 Å². The van der Waals surface area contributed by atoms with E-state index in [-0.39, 0.29) is 16.9 Å². The van der Waals surface area contributed by atoms with E-state index in [4.69, 9.17) is 15.1 Å². The molecule has 0 saturated carbocycles. The van der Waals surface area contributed by atoms with E-state index in [1.807, 2.05) is 0 Å². The van der Waals surface area contributed by atoms with Gasteiger partial charge in [-0.15, -0.1) is 0 Å². The van der Waals surface area contributed by atoms with E-state index < -0.39 is 16.6 Å². The van der Waals surface area contributed by atoms with Gasteiger partial charge in [0.1, 0.15) is 11.6 Å². The lowest BCUT2D eigenvalue weighted by molar-refractivity contribution is -0.386. The van der Waals surface area contributed by atoms with Gasteiger partial charge in [0.25, 0.3) is 0 Å². The van der Waals surface area contributed by atoms with Crippen LogP contribution in [-0.2, 0) is 4.79 Å². The van der Waals surface area contributed by atoms with Crippen molar-refractivity contribution in [3.8, 4) is 11.8 Å². The minimum atomic E-state index is -1.23. The molecule has 0 heterocycles. The summed E-state index contributed by atoms with van der Waals surface area (Å²) in [6.07, 6.45) is 1.85. The van der Waals surface area contributed by atoms with Crippen molar-refractivity contribution in [2.75, 3.05) is 7.11 Å². The van der Waals surface area contributed by atoms with Crippen molar-refractivity contribution in [1.29, 1.82) is 5.26 Å². The minimum absolute atomic E-state index is 0.0108. The number of hydrogen-bond donors (Lipinski definition) is 1. The summed E-state index contributed by atoms with van der Waals surface area (Å²) in [7, 11) is 1.20. The van der Waals surface area contributed by atoms with E-state index in [0.29, 0.717) is 0 Å². The monoisotopic (exact) mass is 248 g/mol. The SMILES string of the molecule is COc1c(C#N)ccc(/C=C/C(=O)O)c1[N+](=O)[O-]. The molecule has 1 rings (SSSR count). The van der Waals surface area contributed by atoms with Gasteiger partial charge in [0.15, 0.2) is 0 Å². The second-order valence-corrected chi connectivity index (χ2v) is 3.12. The number of carboxylic acids is 1. The molecule has 18 heavy (non-hydrogen) atoms. The predicted octanol–water partition coefficient (Wildman–Crippen LogP) is 1.57. The molecule has 0 spiro atoms. The van der Waals surface area contributed by atoms with Crippen LogP contribution < -0.4 is 4.74 Å². The number of nitro groups is 1. The number of nitrogens with zero attached hydrogens (tertiary/aromatic N) is 2. The van der Waals surface area contributed by atoms with Gasteiger partial charge in [0.05, 0.1) is 17.6 Å². The fraction of sp³-hybridized carbons (Fsp3) is 0.0909. The normalized spacial score (nSPS) is 10.0. The Bertz CT molecular complexity index is 572. The Kier molecular flexibility index (Phi) is 3.99. The highest BCUT2D eigenvalue weighted by molar-refractivity contribution is 5.87. The average Bonchev–Trinajstić information content (AvgIpc) is 2.34. The number of aliphatic carboxylic acids is 1. The zero-order chi connectivity index (χ0) is 13.7. The maximum atomic E-state index is 10.9. The van der Waals surface area contributed by atoms with Crippen molar-refractivity contribution in [3.63, 3.8) is 0 Å². The molecule has 0 amide bonds. The van der Waals surface area contributed by atoms with Crippen LogP contribution in [-0.4, -0.2) is 23.1 Å². The van der Waals surface area contributed by atoms with Crippen molar-refractivity contribution in [1.82, 2.24) is 0 Å². The van der Waals surface area contributed by atoms with Gasteiger partial charge >= 0.3 is 11.7 Å². The van der Waals surface area contributed by atoms with Crippen LogP contribution in [0.4, 0.5) is 5.69 Å². The first-order valence-electron chi connectivity index (χ1n) is 4.67. The standard InChI is InChI=1S/C11H8N2O5/c1-18-11-8(6-12)3-2-7(4-5-9(14)15)10(11)13(16)17/h2-5H,1H3,(H,14,15)/b5-4+. The van der Waals surface area contributed by atoms with E-state index in [1.165, 1.54) is 19.2 Å². The van der Waals surface area contributed by atoms with Gasteiger partial charge in [0.2, 0.25) is 5.75 Å². The summed E-state index contributed by atoms with van der Waals surface area (Å²) < 4.78 is 4.83. The molecule has 1 aromatic rings. The highest BCUT2D eigenvalue weighted by Crippen LogP contribution is 2.34. The first-order chi connectivity index (χ1) is 8.51. The summed E-state index contributed by atoms with van der Waals surface area (Å²) in [5.74, 6) is -1.41. The Morgan fingerprint density at radius 2 is 2.28 bits per heavy atom. The molecule has 0 aromatic heterocycles. The Hall–Kier alpha value is -2.88. The molecular weight excluding hydrogens is 240 g/mol. The zero-order valence-corrected chi connectivity index (χ0v) is 9.28. The van der Waals surface area contributed by atoms with Gasteiger partial charge in [0, 0.05) is 6.08 Å². The molecule has 0 radical (unpaired) electrons. The Balaban J connectivity index is 3.50. The summed E-state index contributed by atoms with van der Waals surface area (Å²) in [5.41, 5.74) is -0.371. The third-order valence-electron chi connectivity index (χ3n) is 2.08. The van der Waals surface area contributed by atoms with Crippen molar-refractivity contribution in [2.24, 2.45) is 0 Å². The van der Waals surface area contributed by atoms with Crippen molar-refractivity contribution >= 4 is 17.7 Å². The van der Waals surface area contributed by atoms with E-state index in [1.54, 1.807) is 6.07 Å². The molecule has 92 valence electrons. The number of hydrogen-bond acceptors (Lipinski definition) is 5. The van der Waals surface area contributed by atoms with Crippen molar-refractivity contribution in [2.45, 2.75) is 0 Å². The van der Waals surface area contributed by atoms with Crippen molar-refractivity contribution < 1.29 is 19.6 Å².